The fraction of sp³-hybridized carbons (Fsp3) is 0.579. The number of hydrogen-bond acceptors (Lipinski definition) is 3. The minimum absolute atomic E-state index is 0.0213. The molecule has 1 aromatic rings. The monoisotopic (exact) mass is 329 g/mol. The van der Waals surface area contributed by atoms with Gasteiger partial charge in [0.15, 0.2) is 0 Å². The minimum atomic E-state index is -0.300. The second-order valence-electron chi connectivity index (χ2n) is 6.99. The predicted octanol–water partition coefficient (Wildman–Crippen LogP) is 1.48. The zero-order valence-corrected chi connectivity index (χ0v) is 14.3. The Morgan fingerprint density at radius 1 is 1.25 bits per heavy atom. The summed E-state index contributed by atoms with van der Waals surface area (Å²) >= 11 is 0. The van der Waals surface area contributed by atoms with Gasteiger partial charge in [0.1, 0.15) is 6.04 Å². The van der Waals surface area contributed by atoms with E-state index in [1.54, 1.807) is 4.90 Å². The van der Waals surface area contributed by atoms with Gasteiger partial charge in [0, 0.05) is 18.6 Å². The minimum Gasteiger partial charge on any atom is -0.351 e. The summed E-state index contributed by atoms with van der Waals surface area (Å²) in [5.41, 5.74) is 1.00. The molecule has 5 nitrogen and oxygen atoms in total. The van der Waals surface area contributed by atoms with E-state index in [0.29, 0.717) is 19.0 Å². The molecule has 1 aromatic carbocycles. The average molecular weight is 329 g/mol. The first-order chi connectivity index (χ1) is 11.6. The van der Waals surface area contributed by atoms with Gasteiger partial charge in [-0.1, -0.05) is 30.3 Å². The number of carbonyl (C=O) groups excluding carboxylic acids is 2. The first-order valence-corrected chi connectivity index (χ1v) is 9.00. The summed E-state index contributed by atoms with van der Waals surface area (Å²) in [4.78, 5) is 27.0. The van der Waals surface area contributed by atoms with Gasteiger partial charge in [-0.3, -0.25) is 9.59 Å². The van der Waals surface area contributed by atoms with Crippen molar-refractivity contribution in [2.45, 2.75) is 57.2 Å². The van der Waals surface area contributed by atoms with E-state index in [1.807, 2.05) is 30.3 Å². The molecule has 0 aromatic heterocycles. The molecule has 3 atom stereocenters. The van der Waals surface area contributed by atoms with Crippen LogP contribution in [0.2, 0.25) is 0 Å². The highest BCUT2D eigenvalue weighted by atomic mass is 16.2. The van der Waals surface area contributed by atoms with Crippen LogP contribution in [-0.2, 0) is 16.0 Å². The van der Waals surface area contributed by atoms with Crippen molar-refractivity contribution < 1.29 is 9.59 Å². The molecule has 24 heavy (non-hydrogen) atoms. The number of hydrogen-bond donors (Lipinski definition) is 2. The number of rotatable bonds is 4. The van der Waals surface area contributed by atoms with Gasteiger partial charge in [0.2, 0.25) is 11.8 Å². The zero-order chi connectivity index (χ0) is 16.9. The number of piperidine rings is 1. The van der Waals surface area contributed by atoms with Gasteiger partial charge >= 0.3 is 0 Å². The molecule has 0 bridgehead atoms. The fourth-order valence-corrected chi connectivity index (χ4v) is 3.77. The second kappa shape index (κ2) is 7.79. The lowest BCUT2D eigenvalue weighted by Gasteiger charge is -2.31. The van der Waals surface area contributed by atoms with Crippen LogP contribution in [0.25, 0.3) is 0 Å². The third-order valence-electron chi connectivity index (χ3n) is 5.04. The molecule has 5 heteroatoms. The smallest absolute Gasteiger partial charge is 0.243 e. The molecular formula is C19H27N3O2. The Bertz CT molecular complexity index is 575. The molecule has 0 spiro atoms. The third-order valence-corrected chi connectivity index (χ3v) is 5.04. The van der Waals surface area contributed by atoms with Gasteiger partial charge in [-0.25, -0.2) is 0 Å². The van der Waals surface area contributed by atoms with Crippen LogP contribution in [0.4, 0.5) is 0 Å². The van der Waals surface area contributed by atoms with Crippen LogP contribution in [-0.4, -0.2) is 47.9 Å². The van der Waals surface area contributed by atoms with Gasteiger partial charge in [-0.15, -0.1) is 0 Å². The van der Waals surface area contributed by atoms with E-state index in [0.717, 1.165) is 37.8 Å². The molecule has 0 aliphatic carbocycles. The molecule has 2 saturated heterocycles. The maximum Gasteiger partial charge on any atom is 0.243 e. The van der Waals surface area contributed by atoms with Gasteiger partial charge < -0.3 is 15.5 Å². The maximum absolute atomic E-state index is 12.7. The Morgan fingerprint density at radius 2 is 2.04 bits per heavy atom. The molecule has 3 unspecified atom stereocenters. The fourth-order valence-electron chi connectivity index (χ4n) is 3.77. The van der Waals surface area contributed by atoms with E-state index >= 15 is 0 Å². The standard InChI is InChI=1S/C19H27N3O2/c1-14-12-16(9-10-20-14)21-19(24)17-8-5-11-22(17)18(23)13-15-6-3-2-4-7-15/h2-4,6-7,14,16-17,20H,5,8-13H2,1H3,(H,21,24). The molecule has 0 saturated carbocycles. The van der Waals surface area contributed by atoms with Crippen LogP contribution in [0.5, 0.6) is 0 Å². The van der Waals surface area contributed by atoms with Crippen molar-refractivity contribution in [2.24, 2.45) is 0 Å². The van der Waals surface area contributed by atoms with Crippen LogP contribution in [0.3, 0.4) is 0 Å². The highest BCUT2D eigenvalue weighted by Gasteiger charge is 2.35. The first-order valence-electron chi connectivity index (χ1n) is 9.00. The van der Waals surface area contributed by atoms with Gasteiger partial charge in [-0.05, 0) is 44.7 Å². The Labute approximate surface area is 143 Å². The molecule has 2 aliphatic heterocycles. The highest BCUT2D eigenvalue weighted by molar-refractivity contribution is 5.89. The summed E-state index contributed by atoms with van der Waals surface area (Å²) < 4.78 is 0. The van der Waals surface area contributed by atoms with Crippen LogP contribution >= 0.6 is 0 Å². The Balaban J connectivity index is 1.58. The summed E-state index contributed by atoms with van der Waals surface area (Å²) in [6, 6.07) is 10.1. The lowest BCUT2D eigenvalue weighted by atomic mass is 10.00. The van der Waals surface area contributed by atoms with E-state index in [2.05, 4.69) is 17.6 Å². The summed E-state index contributed by atoms with van der Waals surface area (Å²) in [5.74, 6) is 0.0746. The van der Waals surface area contributed by atoms with Crippen molar-refractivity contribution in [1.29, 1.82) is 0 Å². The normalized spacial score (nSPS) is 27.0. The van der Waals surface area contributed by atoms with Crippen LogP contribution in [0.15, 0.2) is 30.3 Å². The van der Waals surface area contributed by atoms with Crippen molar-refractivity contribution in [3.63, 3.8) is 0 Å². The zero-order valence-electron chi connectivity index (χ0n) is 14.3. The maximum atomic E-state index is 12.7. The van der Waals surface area contributed by atoms with Crippen LogP contribution in [0.1, 0.15) is 38.2 Å². The summed E-state index contributed by atoms with van der Waals surface area (Å²) in [6.45, 7) is 3.77. The molecule has 2 N–H and O–H groups in total. The van der Waals surface area contributed by atoms with Crippen molar-refractivity contribution in [3.05, 3.63) is 35.9 Å². The number of amides is 2. The van der Waals surface area contributed by atoms with E-state index in [-0.39, 0.29) is 23.9 Å². The van der Waals surface area contributed by atoms with Gasteiger partial charge in [0.05, 0.1) is 6.42 Å². The average Bonchev–Trinajstić information content (AvgIpc) is 3.06. The molecular weight excluding hydrogens is 302 g/mol. The van der Waals surface area contributed by atoms with Crippen molar-refractivity contribution in [1.82, 2.24) is 15.5 Å². The Hall–Kier alpha value is -1.88. The first kappa shape index (κ1) is 17.0. The van der Waals surface area contributed by atoms with E-state index in [1.165, 1.54) is 0 Å². The van der Waals surface area contributed by atoms with E-state index < -0.39 is 0 Å². The predicted molar refractivity (Wildman–Crippen MR) is 93.5 cm³/mol. The molecule has 2 amide bonds. The summed E-state index contributed by atoms with van der Waals surface area (Å²) in [5, 5.41) is 6.56. The molecule has 2 aliphatic rings. The molecule has 130 valence electrons. The molecule has 2 fully saturated rings. The SMILES string of the molecule is CC1CC(NC(=O)C2CCCN2C(=O)Cc2ccccc2)CCN1. The van der Waals surface area contributed by atoms with Crippen molar-refractivity contribution in [3.8, 4) is 0 Å². The number of nitrogens with one attached hydrogen (secondary N) is 2. The van der Waals surface area contributed by atoms with Crippen molar-refractivity contribution in [2.75, 3.05) is 13.1 Å². The second-order valence-corrected chi connectivity index (χ2v) is 6.99. The lowest BCUT2D eigenvalue weighted by molar-refractivity contribution is -0.138. The largest absolute Gasteiger partial charge is 0.351 e. The Morgan fingerprint density at radius 3 is 2.79 bits per heavy atom. The molecule has 3 rings (SSSR count). The lowest BCUT2D eigenvalue weighted by Crippen LogP contribution is -2.52. The van der Waals surface area contributed by atoms with Gasteiger partial charge in [0.25, 0.3) is 0 Å². The summed E-state index contributed by atoms with van der Waals surface area (Å²) in [6.07, 6.45) is 3.96. The number of benzene rings is 1. The van der Waals surface area contributed by atoms with Crippen LogP contribution < -0.4 is 10.6 Å². The van der Waals surface area contributed by atoms with Crippen LogP contribution in [0, 0.1) is 0 Å². The number of carbonyl (C=O) groups is 2. The van der Waals surface area contributed by atoms with Gasteiger partial charge in [-0.2, -0.15) is 0 Å². The topological polar surface area (TPSA) is 61.4 Å². The van der Waals surface area contributed by atoms with E-state index in [9.17, 15) is 9.59 Å². The third kappa shape index (κ3) is 4.15. The summed E-state index contributed by atoms with van der Waals surface area (Å²) in [7, 11) is 0. The number of nitrogens with zero attached hydrogens (tertiary/aromatic N) is 1. The quantitative estimate of drug-likeness (QED) is 0.879. The van der Waals surface area contributed by atoms with Crippen molar-refractivity contribution >= 4 is 11.8 Å². The van der Waals surface area contributed by atoms with E-state index in [4.69, 9.17) is 0 Å². The molecule has 0 radical (unpaired) electrons. The molecule has 2 heterocycles. The number of likely N-dealkylation sites (tertiary alicyclic amines) is 1. The Kier molecular flexibility index (Phi) is 5.51. The highest BCUT2D eigenvalue weighted by Crippen LogP contribution is 2.20.